The van der Waals surface area contributed by atoms with Crippen LogP contribution in [-0.2, 0) is 0 Å². The molecule has 0 atom stereocenters. The van der Waals surface area contributed by atoms with Gasteiger partial charge in [0.2, 0.25) is 0 Å². The Labute approximate surface area is 131 Å². The lowest BCUT2D eigenvalue weighted by Crippen LogP contribution is -2.46. The number of benzene rings is 1. The summed E-state index contributed by atoms with van der Waals surface area (Å²) in [5.41, 5.74) is 0.683. The van der Waals surface area contributed by atoms with Crippen molar-refractivity contribution in [1.82, 2.24) is 4.90 Å². The predicted molar refractivity (Wildman–Crippen MR) is 86.6 cm³/mol. The summed E-state index contributed by atoms with van der Waals surface area (Å²) < 4.78 is 1.11. The maximum atomic E-state index is 12.4. The van der Waals surface area contributed by atoms with Gasteiger partial charge in [-0.3, -0.25) is 4.79 Å². The normalized spacial score (nSPS) is 18.8. The first-order chi connectivity index (χ1) is 8.39. The van der Waals surface area contributed by atoms with Gasteiger partial charge in [-0.25, -0.2) is 0 Å². The van der Waals surface area contributed by atoms with E-state index >= 15 is 0 Å². The molecule has 1 aliphatic rings. The van der Waals surface area contributed by atoms with Crippen LogP contribution in [0.2, 0.25) is 5.02 Å². The van der Waals surface area contributed by atoms with Crippen LogP contribution < -0.4 is 0 Å². The number of rotatable bonds is 1. The maximum absolute atomic E-state index is 12.4. The smallest absolute Gasteiger partial charge is 0.253 e. The van der Waals surface area contributed by atoms with Crippen LogP contribution in [0.5, 0.6) is 0 Å². The highest BCUT2D eigenvalue weighted by molar-refractivity contribution is 14.1. The van der Waals surface area contributed by atoms with Crippen LogP contribution in [0.4, 0.5) is 0 Å². The summed E-state index contributed by atoms with van der Waals surface area (Å²) in [4.78, 5) is 14.3. The molecule has 5 heteroatoms. The third-order valence-corrected chi connectivity index (χ3v) is 5.75. The monoisotopic (exact) mass is 395 g/mol. The van der Waals surface area contributed by atoms with Crippen molar-refractivity contribution < 1.29 is 4.79 Å². The quantitative estimate of drug-likeness (QED) is 0.672. The van der Waals surface area contributed by atoms with E-state index in [2.05, 4.69) is 36.4 Å². The fourth-order valence-electron chi connectivity index (χ4n) is 2.00. The van der Waals surface area contributed by atoms with Crippen LogP contribution >= 0.6 is 46.0 Å². The molecule has 1 heterocycles. The zero-order valence-electron chi connectivity index (χ0n) is 10.4. The SMILES string of the molecule is CC1(C)CN(C(=O)c2ccc(I)c(Cl)c2)CCS1. The molecule has 1 fully saturated rings. The molecule has 0 aromatic heterocycles. The Hall–Kier alpha value is 0.0600. The van der Waals surface area contributed by atoms with Crippen molar-refractivity contribution in [2.75, 3.05) is 18.8 Å². The Morgan fingerprint density at radius 2 is 2.22 bits per heavy atom. The molecule has 98 valence electrons. The fraction of sp³-hybridized carbons (Fsp3) is 0.462. The minimum atomic E-state index is 0.0849. The molecule has 0 saturated carbocycles. The van der Waals surface area contributed by atoms with Gasteiger partial charge in [-0.15, -0.1) is 0 Å². The molecule has 0 spiro atoms. The molecule has 1 aromatic rings. The Bertz CT molecular complexity index is 478. The molecule has 0 unspecified atom stereocenters. The highest BCUT2D eigenvalue weighted by Crippen LogP contribution is 2.30. The largest absolute Gasteiger partial charge is 0.336 e. The van der Waals surface area contributed by atoms with Crippen LogP contribution in [-0.4, -0.2) is 34.4 Å². The van der Waals surface area contributed by atoms with Crippen LogP contribution in [0.15, 0.2) is 18.2 Å². The van der Waals surface area contributed by atoms with Gasteiger partial charge in [-0.05, 0) is 54.6 Å². The number of carbonyl (C=O) groups excluding carboxylic acids is 1. The van der Waals surface area contributed by atoms with E-state index in [-0.39, 0.29) is 10.7 Å². The first-order valence-corrected chi connectivity index (χ1v) is 8.21. The van der Waals surface area contributed by atoms with Gasteiger partial charge < -0.3 is 4.90 Å². The third-order valence-electron chi connectivity index (χ3n) is 2.88. The molecule has 2 rings (SSSR count). The average molecular weight is 396 g/mol. The molecule has 18 heavy (non-hydrogen) atoms. The molecule has 2 nitrogen and oxygen atoms in total. The number of hydrogen-bond donors (Lipinski definition) is 0. The molecule has 1 aliphatic heterocycles. The van der Waals surface area contributed by atoms with Gasteiger partial charge in [-0.2, -0.15) is 11.8 Å². The van der Waals surface area contributed by atoms with Crippen LogP contribution in [0.1, 0.15) is 24.2 Å². The number of nitrogens with zero attached hydrogens (tertiary/aromatic N) is 1. The third kappa shape index (κ3) is 3.33. The zero-order chi connectivity index (χ0) is 13.3. The summed E-state index contributed by atoms with van der Waals surface area (Å²) in [6.45, 7) is 5.96. The lowest BCUT2D eigenvalue weighted by Gasteiger charge is -2.37. The molecular formula is C13H15ClINOS. The Kier molecular flexibility index (Phi) is 4.49. The van der Waals surface area contributed by atoms with Gasteiger partial charge in [0.1, 0.15) is 0 Å². The summed E-state index contributed by atoms with van der Waals surface area (Å²) in [6.07, 6.45) is 0. The summed E-state index contributed by atoms with van der Waals surface area (Å²) in [6, 6.07) is 5.51. The van der Waals surface area contributed by atoms with Gasteiger partial charge in [0.15, 0.2) is 0 Å². The molecule has 0 N–H and O–H groups in total. The topological polar surface area (TPSA) is 20.3 Å². The lowest BCUT2D eigenvalue weighted by molar-refractivity contribution is 0.0748. The van der Waals surface area contributed by atoms with Gasteiger partial charge in [0, 0.05) is 32.7 Å². The minimum absolute atomic E-state index is 0.0849. The number of hydrogen-bond acceptors (Lipinski definition) is 2. The van der Waals surface area contributed by atoms with Crippen molar-refractivity contribution in [1.29, 1.82) is 0 Å². The number of amides is 1. The molecule has 1 aromatic carbocycles. The van der Waals surface area contributed by atoms with E-state index in [1.54, 1.807) is 6.07 Å². The number of carbonyl (C=O) groups is 1. The van der Waals surface area contributed by atoms with E-state index in [9.17, 15) is 4.79 Å². The van der Waals surface area contributed by atoms with Crippen molar-refractivity contribution in [3.8, 4) is 0 Å². The molecule has 0 radical (unpaired) electrons. The first kappa shape index (κ1) is 14.5. The van der Waals surface area contributed by atoms with Crippen molar-refractivity contribution >= 4 is 51.9 Å². The van der Waals surface area contributed by atoms with E-state index in [4.69, 9.17) is 11.6 Å². The van der Waals surface area contributed by atoms with E-state index < -0.39 is 0 Å². The van der Waals surface area contributed by atoms with Gasteiger partial charge >= 0.3 is 0 Å². The Balaban J connectivity index is 2.18. The standard InChI is InChI=1S/C13H15ClINOS/c1-13(2)8-16(5-6-18-13)12(17)9-3-4-11(15)10(14)7-9/h3-4,7H,5-6,8H2,1-2H3. The van der Waals surface area contributed by atoms with Crippen LogP contribution in [0.3, 0.4) is 0 Å². The van der Waals surface area contributed by atoms with Crippen LogP contribution in [0.25, 0.3) is 0 Å². The lowest BCUT2D eigenvalue weighted by atomic mass is 10.1. The van der Waals surface area contributed by atoms with E-state index in [1.807, 2.05) is 28.8 Å². The van der Waals surface area contributed by atoms with Gasteiger partial charge in [-0.1, -0.05) is 11.6 Å². The Morgan fingerprint density at radius 3 is 2.83 bits per heavy atom. The molecule has 0 bridgehead atoms. The van der Waals surface area contributed by atoms with Gasteiger partial charge in [0.05, 0.1) is 5.02 Å². The van der Waals surface area contributed by atoms with Crippen molar-refractivity contribution in [2.24, 2.45) is 0 Å². The van der Waals surface area contributed by atoms with Crippen molar-refractivity contribution in [3.63, 3.8) is 0 Å². The van der Waals surface area contributed by atoms with Crippen molar-refractivity contribution in [2.45, 2.75) is 18.6 Å². The minimum Gasteiger partial charge on any atom is -0.336 e. The highest BCUT2D eigenvalue weighted by atomic mass is 127. The second-order valence-electron chi connectivity index (χ2n) is 4.96. The number of thioether (sulfide) groups is 1. The second kappa shape index (κ2) is 5.59. The highest BCUT2D eigenvalue weighted by Gasteiger charge is 2.30. The van der Waals surface area contributed by atoms with E-state index in [1.165, 1.54) is 0 Å². The molecule has 0 aliphatic carbocycles. The molecule has 1 saturated heterocycles. The average Bonchev–Trinajstić information content (AvgIpc) is 2.30. The fourth-order valence-corrected chi connectivity index (χ4v) is 3.63. The van der Waals surface area contributed by atoms with Crippen LogP contribution in [0, 0.1) is 3.57 Å². The Morgan fingerprint density at radius 1 is 1.50 bits per heavy atom. The summed E-state index contributed by atoms with van der Waals surface area (Å²) >= 11 is 10.2. The summed E-state index contributed by atoms with van der Waals surface area (Å²) in [7, 11) is 0. The van der Waals surface area contributed by atoms with Gasteiger partial charge in [0.25, 0.3) is 5.91 Å². The van der Waals surface area contributed by atoms with Crippen molar-refractivity contribution in [3.05, 3.63) is 32.4 Å². The zero-order valence-corrected chi connectivity index (χ0v) is 14.1. The predicted octanol–water partition coefficient (Wildman–Crippen LogP) is 3.91. The molecule has 1 amide bonds. The second-order valence-corrected chi connectivity index (χ2v) is 8.34. The number of halogens is 2. The summed E-state index contributed by atoms with van der Waals surface area (Å²) in [5, 5.41) is 0.645. The van der Waals surface area contributed by atoms with E-state index in [0.29, 0.717) is 10.6 Å². The maximum Gasteiger partial charge on any atom is 0.253 e. The molecular weight excluding hydrogens is 381 g/mol. The summed E-state index contributed by atoms with van der Waals surface area (Å²) in [5.74, 6) is 1.08. The first-order valence-electron chi connectivity index (χ1n) is 5.77. The van der Waals surface area contributed by atoms with E-state index in [0.717, 1.165) is 22.4 Å².